The van der Waals surface area contributed by atoms with Gasteiger partial charge < -0.3 is 14.8 Å². The minimum absolute atomic E-state index is 0.281. The van der Waals surface area contributed by atoms with E-state index in [9.17, 15) is 0 Å². The van der Waals surface area contributed by atoms with Crippen molar-refractivity contribution in [1.82, 2.24) is 5.32 Å². The summed E-state index contributed by atoms with van der Waals surface area (Å²) < 4.78 is 10.7. The van der Waals surface area contributed by atoms with Gasteiger partial charge in [0.2, 0.25) is 0 Å². The number of fused-ring (bicyclic) bond motifs is 1. The second-order valence-corrected chi connectivity index (χ2v) is 4.11. The van der Waals surface area contributed by atoms with Crippen molar-refractivity contribution in [3.63, 3.8) is 0 Å². The Morgan fingerprint density at radius 3 is 2.59 bits per heavy atom. The molecule has 3 heteroatoms. The molecule has 1 heterocycles. The first kappa shape index (κ1) is 12.0. The average Bonchev–Trinajstić information content (AvgIpc) is 2.38. The van der Waals surface area contributed by atoms with Crippen LogP contribution in [0.3, 0.4) is 0 Å². The summed E-state index contributed by atoms with van der Waals surface area (Å²) in [6.45, 7) is 3.04. The number of nitrogens with one attached hydrogen (secondary N) is 1. The van der Waals surface area contributed by atoms with Gasteiger partial charge in [0, 0.05) is 6.54 Å². The van der Waals surface area contributed by atoms with Crippen molar-refractivity contribution in [2.24, 2.45) is 0 Å². The lowest BCUT2D eigenvalue weighted by molar-refractivity contribution is 0.353. The van der Waals surface area contributed by atoms with Crippen LogP contribution in [0.4, 0.5) is 0 Å². The van der Waals surface area contributed by atoms with E-state index in [1.54, 1.807) is 14.2 Å². The Labute approximate surface area is 102 Å². The van der Waals surface area contributed by atoms with Crippen molar-refractivity contribution in [2.75, 3.05) is 20.8 Å². The monoisotopic (exact) mass is 233 g/mol. The number of allylic oxidation sites excluding steroid dienone is 1. The van der Waals surface area contributed by atoms with Crippen molar-refractivity contribution in [3.8, 4) is 11.5 Å². The van der Waals surface area contributed by atoms with Crippen LogP contribution >= 0.6 is 0 Å². The highest BCUT2D eigenvalue weighted by Crippen LogP contribution is 2.35. The summed E-state index contributed by atoms with van der Waals surface area (Å²) in [5.41, 5.74) is 2.62. The summed E-state index contributed by atoms with van der Waals surface area (Å²) in [5, 5.41) is 3.48. The predicted octanol–water partition coefficient (Wildman–Crippen LogP) is 2.47. The predicted molar refractivity (Wildman–Crippen MR) is 68.8 cm³/mol. The van der Waals surface area contributed by atoms with Gasteiger partial charge in [0.1, 0.15) is 0 Å². The molecule has 1 unspecified atom stereocenters. The fourth-order valence-corrected chi connectivity index (χ4v) is 2.28. The number of hydrogen-bond acceptors (Lipinski definition) is 3. The summed E-state index contributed by atoms with van der Waals surface area (Å²) in [5.74, 6) is 1.61. The van der Waals surface area contributed by atoms with Gasteiger partial charge in [0.15, 0.2) is 11.5 Å². The first-order valence-corrected chi connectivity index (χ1v) is 5.91. The lowest BCUT2D eigenvalue weighted by atomic mass is 9.93. The van der Waals surface area contributed by atoms with Gasteiger partial charge in [-0.2, -0.15) is 0 Å². The Balaban J connectivity index is 2.46. The molecule has 0 radical (unpaired) electrons. The van der Waals surface area contributed by atoms with Crippen LogP contribution in [0.25, 0.3) is 0 Å². The molecule has 0 amide bonds. The zero-order valence-corrected chi connectivity index (χ0v) is 10.6. The van der Waals surface area contributed by atoms with E-state index in [2.05, 4.69) is 29.6 Å². The number of benzene rings is 1. The zero-order chi connectivity index (χ0) is 12.3. The van der Waals surface area contributed by atoms with Crippen molar-refractivity contribution >= 4 is 0 Å². The van der Waals surface area contributed by atoms with Crippen molar-refractivity contribution < 1.29 is 9.47 Å². The van der Waals surface area contributed by atoms with E-state index < -0.39 is 0 Å². The molecule has 1 aromatic rings. The molecule has 1 atom stereocenters. The zero-order valence-electron chi connectivity index (χ0n) is 10.6. The molecule has 1 N–H and O–H groups in total. The van der Waals surface area contributed by atoms with Crippen molar-refractivity contribution in [1.29, 1.82) is 0 Å². The molecule has 0 aromatic heterocycles. The molecule has 92 valence electrons. The maximum atomic E-state index is 5.35. The van der Waals surface area contributed by atoms with Gasteiger partial charge in [-0.3, -0.25) is 0 Å². The molecule has 0 saturated heterocycles. The summed E-state index contributed by atoms with van der Waals surface area (Å²) in [6, 6.07) is 4.44. The normalized spacial score (nSPS) is 19.1. The van der Waals surface area contributed by atoms with Gasteiger partial charge in [-0.05, 0) is 36.6 Å². The maximum Gasteiger partial charge on any atom is 0.161 e. The first-order valence-electron chi connectivity index (χ1n) is 5.91. The molecule has 0 saturated carbocycles. The average molecular weight is 233 g/mol. The standard InChI is InChI=1S/C14H19NO2/c1-4-5-12-11-9-14(17-3)13(16-2)8-10(11)6-7-15-12/h4-5,8-9,12,15H,6-7H2,1-3H3. The quantitative estimate of drug-likeness (QED) is 0.813. The molecule has 0 aliphatic carbocycles. The van der Waals surface area contributed by atoms with Crippen LogP contribution < -0.4 is 14.8 Å². The van der Waals surface area contributed by atoms with Crippen LogP contribution in [0.1, 0.15) is 24.1 Å². The van der Waals surface area contributed by atoms with Crippen LogP contribution in [0, 0.1) is 0 Å². The molecule has 1 aromatic carbocycles. The first-order chi connectivity index (χ1) is 8.30. The summed E-state index contributed by atoms with van der Waals surface area (Å²) in [6.07, 6.45) is 5.27. The van der Waals surface area contributed by atoms with Crippen molar-refractivity contribution in [3.05, 3.63) is 35.4 Å². The molecule has 0 bridgehead atoms. The summed E-state index contributed by atoms with van der Waals surface area (Å²) >= 11 is 0. The van der Waals surface area contributed by atoms with Crippen LogP contribution in [0.5, 0.6) is 11.5 Å². The van der Waals surface area contributed by atoms with E-state index in [1.165, 1.54) is 11.1 Å². The summed E-state index contributed by atoms with van der Waals surface area (Å²) in [4.78, 5) is 0. The van der Waals surface area contributed by atoms with Crippen LogP contribution in [0.15, 0.2) is 24.3 Å². The molecular formula is C14H19NO2. The lowest BCUT2D eigenvalue weighted by Crippen LogP contribution is -2.28. The van der Waals surface area contributed by atoms with Crippen LogP contribution in [-0.2, 0) is 6.42 Å². The Kier molecular flexibility index (Phi) is 3.69. The molecule has 1 aliphatic heterocycles. The third-order valence-electron chi connectivity index (χ3n) is 3.12. The Morgan fingerprint density at radius 2 is 1.94 bits per heavy atom. The number of hydrogen-bond donors (Lipinski definition) is 1. The molecule has 3 nitrogen and oxygen atoms in total. The molecule has 17 heavy (non-hydrogen) atoms. The van der Waals surface area contributed by atoms with Crippen LogP contribution in [0.2, 0.25) is 0 Å². The molecule has 0 spiro atoms. The van der Waals surface area contributed by atoms with E-state index in [0.29, 0.717) is 0 Å². The minimum Gasteiger partial charge on any atom is -0.493 e. The van der Waals surface area contributed by atoms with Gasteiger partial charge in [0.05, 0.1) is 20.3 Å². The minimum atomic E-state index is 0.281. The summed E-state index contributed by atoms with van der Waals surface area (Å²) in [7, 11) is 3.35. The topological polar surface area (TPSA) is 30.5 Å². The molecular weight excluding hydrogens is 214 g/mol. The van der Waals surface area contributed by atoms with Crippen LogP contribution in [-0.4, -0.2) is 20.8 Å². The van der Waals surface area contributed by atoms with E-state index in [-0.39, 0.29) is 6.04 Å². The van der Waals surface area contributed by atoms with E-state index in [4.69, 9.17) is 9.47 Å². The van der Waals surface area contributed by atoms with E-state index >= 15 is 0 Å². The third-order valence-corrected chi connectivity index (χ3v) is 3.12. The Morgan fingerprint density at radius 1 is 1.24 bits per heavy atom. The highest BCUT2D eigenvalue weighted by molar-refractivity contribution is 5.50. The smallest absolute Gasteiger partial charge is 0.161 e. The SMILES string of the molecule is CC=CC1NCCc2cc(OC)c(OC)cc21. The second-order valence-electron chi connectivity index (χ2n) is 4.11. The third kappa shape index (κ3) is 2.29. The molecule has 0 fully saturated rings. The number of methoxy groups -OCH3 is 2. The Bertz CT molecular complexity index is 426. The van der Waals surface area contributed by atoms with Crippen molar-refractivity contribution in [2.45, 2.75) is 19.4 Å². The van der Waals surface area contributed by atoms with E-state index in [1.807, 2.05) is 6.92 Å². The largest absolute Gasteiger partial charge is 0.493 e. The van der Waals surface area contributed by atoms with E-state index in [0.717, 1.165) is 24.5 Å². The van der Waals surface area contributed by atoms with Gasteiger partial charge in [-0.1, -0.05) is 12.2 Å². The highest BCUT2D eigenvalue weighted by atomic mass is 16.5. The fraction of sp³-hybridized carbons (Fsp3) is 0.429. The lowest BCUT2D eigenvalue weighted by Gasteiger charge is -2.26. The Hall–Kier alpha value is -1.48. The molecule has 2 rings (SSSR count). The highest BCUT2D eigenvalue weighted by Gasteiger charge is 2.20. The van der Waals surface area contributed by atoms with Gasteiger partial charge in [-0.15, -0.1) is 0 Å². The van der Waals surface area contributed by atoms with Gasteiger partial charge >= 0.3 is 0 Å². The fourth-order valence-electron chi connectivity index (χ4n) is 2.28. The number of rotatable bonds is 3. The number of ether oxygens (including phenoxy) is 2. The maximum absolute atomic E-state index is 5.35. The second kappa shape index (κ2) is 5.23. The molecule has 1 aliphatic rings. The van der Waals surface area contributed by atoms with Gasteiger partial charge in [0.25, 0.3) is 0 Å². The van der Waals surface area contributed by atoms with Gasteiger partial charge in [-0.25, -0.2) is 0 Å².